The first-order valence-corrected chi connectivity index (χ1v) is 9.55. The van der Waals surface area contributed by atoms with Crippen LogP contribution in [0.3, 0.4) is 0 Å². The molecule has 1 fully saturated rings. The number of nitrogens with zero attached hydrogens (tertiary/aromatic N) is 2. The van der Waals surface area contributed by atoms with Gasteiger partial charge in [0, 0.05) is 36.7 Å². The van der Waals surface area contributed by atoms with Crippen molar-refractivity contribution in [3.63, 3.8) is 0 Å². The third-order valence-electron chi connectivity index (χ3n) is 4.61. The molecule has 0 aliphatic carbocycles. The Kier molecular flexibility index (Phi) is 5.41. The van der Waals surface area contributed by atoms with Crippen LogP contribution in [0.1, 0.15) is 30.4 Å². The summed E-state index contributed by atoms with van der Waals surface area (Å²) < 4.78 is 0. The van der Waals surface area contributed by atoms with Crippen LogP contribution in [0.15, 0.2) is 29.3 Å². The Morgan fingerprint density at radius 3 is 2.79 bits per heavy atom. The normalized spacial score (nSPS) is 15.9. The molecule has 3 rings (SSSR count). The first-order chi connectivity index (χ1) is 11.5. The Bertz CT molecular complexity index is 739. The first-order valence-electron chi connectivity index (χ1n) is 8.57. The number of rotatable bonds is 4. The van der Waals surface area contributed by atoms with E-state index in [-0.39, 0.29) is 11.9 Å². The van der Waals surface area contributed by atoms with Crippen LogP contribution in [-0.4, -0.2) is 40.7 Å². The summed E-state index contributed by atoms with van der Waals surface area (Å²) >= 11 is 1.66. The molecule has 1 aliphatic heterocycles. The lowest BCUT2D eigenvalue weighted by Crippen LogP contribution is -2.42. The summed E-state index contributed by atoms with van der Waals surface area (Å²) in [5.41, 5.74) is 9.41. The standard InChI is InChI=1S/C19H25N3OS/c1-13-3-4-17-16(11-13)14(2)12-18(21-17)24-10-7-19(23)22-8-5-15(20)6-9-22/h3-4,11-12,15H,5-10,20H2,1-2H3. The lowest BCUT2D eigenvalue weighted by Gasteiger charge is -2.30. The number of hydrogen-bond donors (Lipinski definition) is 1. The van der Waals surface area contributed by atoms with Crippen molar-refractivity contribution in [3.8, 4) is 0 Å². The average molecular weight is 343 g/mol. The van der Waals surface area contributed by atoms with E-state index in [1.807, 2.05) is 4.90 Å². The predicted molar refractivity (Wildman–Crippen MR) is 100 cm³/mol. The van der Waals surface area contributed by atoms with Gasteiger partial charge in [-0.25, -0.2) is 4.98 Å². The van der Waals surface area contributed by atoms with Gasteiger partial charge in [-0.1, -0.05) is 11.6 Å². The molecular formula is C19H25N3OS. The monoisotopic (exact) mass is 343 g/mol. The van der Waals surface area contributed by atoms with E-state index in [1.165, 1.54) is 16.5 Å². The quantitative estimate of drug-likeness (QED) is 0.866. The van der Waals surface area contributed by atoms with Gasteiger partial charge in [-0.05, 0) is 50.5 Å². The van der Waals surface area contributed by atoms with Crippen LogP contribution >= 0.6 is 11.8 Å². The molecule has 0 bridgehead atoms. The number of hydrogen-bond acceptors (Lipinski definition) is 4. The van der Waals surface area contributed by atoms with Crippen LogP contribution in [0.2, 0.25) is 0 Å². The second kappa shape index (κ2) is 7.53. The van der Waals surface area contributed by atoms with E-state index in [4.69, 9.17) is 10.7 Å². The van der Waals surface area contributed by atoms with E-state index >= 15 is 0 Å². The minimum atomic E-state index is 0.238. The summed E-state index contributed by atoms with van der Waals surface area (Å²) in [5, 5.41) is 2.21. The van der Waals surface area contributed by atoms with Crippen molar-refractivity contribution in [1.82, 2.24) is 9.88 Å². The molecule has 5 heteroatoms. The number of benzene rings is 1. The number of carbonyl (C=O) groups excluding carboxylic acids is 1. The van der Waals surface area contributed by atoms with Gasteiger partial charge in [-0.15, -0.1) is 11.8 Å². The fourth-order valence-electron chi connectivity index (χ4n) is 3.10. The van der Waals surface area contributed by atoms with Crippen LogP contribution in [0, 0.1) is 13.8 Å². The Labute approximate surface area is 147 Å². The maximum Gasteiger partial charge on any atom is 0.223 e. The average Bonchev–Trinajstić information content (AvgIpc) is 2.56. The molecule has 2 N–H and O–H groups in total. The van der Waals surface area contributed by atoms with Crippen molar-refractivity contribution in [2.45, 2.75) is 44.2 Å². The van der Waals surface area contributed by atoms with Crippen molar-refractivity contribution in [3.05, 3.63) is 35.4 Å². The summed E-state index contributed by atoms with van der Waals surface area (Å²) in [6.45, 7) is 5.82. The number of aromatic nitrogens is 1. The van der Waals surface area contributed by atoms with Crippen LogP contribution in [0.25, 0.3) is 10.9 Å². The SMILES string of the molecule is Cc1ccc2nc(SCCC(=O)N3CCC(N)CC3)cc(C)c2c1. The second-order valence-electron chi connectivity index (χ2n) is 6.61. The van der Waals surface area contributed by atoms with Gasteiger partial charge in [0.1, 0.15) is 0 Å². The third kappa shape index (κ3) is 4.08. The summed E-state index contributed by atoms with van der Waals surface area (Å²) in [5.74, 6) is 1.01. The highest BCUT2D eigenvalue weighted by Crippen LogP contribution is 2.25. The van der Waals surface area contributed by atoms with Crippen molar-refractivity contribution in [2.24, 2.45) is 5.73 Å². The van der Waals surface area contributed by atoms with E-state index in [0.717, 1.165) is 42.2 Å². The van der Waals surface area contributed by atoms with Gasteiger partial charge >= 0.3 is 0 Å². The Balaban J connectivity index is 1.58. The Hall–Kier alpha value is -1.59. The predicted octanol–water partition coefficient (Wildman–Crippen LogP) is 3.28. The molecule has 2 heterocycles. The number of nitrogens with two attached hydrogens (primary N) is 1. The van der Waals surface area contributed by atoms with E-state index in [0.29, 0.717) is 6.42 Å². The van der Waals surface area contributed by atoms with Crippen molar-refractivity contribution in [2.75, 3.05) is 18.8 Å². The molecule has 0 unspecified atom stereocenters. The summed E-state index contributed by atoms with van der Waals surface area (Å²) in [6, 6.07) is 8.72. The van der Waals surface area contributed by atoms with Gasteiger partial charge < -0.3 is 10.6 Å². The van der Waals surface area contributed by atoms with E-state index in [1.54, 1.807) is 11.8 Å². The highest BCUT2D eigenvalue weighted by molar-refractivity contribution is 7.99. The molecular weight excluding hydrogens is 318 g/mol. The van der Waals surface area contributed by atoms with E-state index in [2.05, 4.69) is 38.1 Å². The first kappa shape index (κ1) is 17.2. The molecule has 0 spiro atoms. The minimum Gasteiger partial charge on any atom is -0.343 e. The highest BCUT2D eigenvalue weighted by atomic mass is 32.2. The molecule has 2 aromatic rings. The number of aryl methyl sites for hydroxylation is 2. The second-order valence-corrected chi connectivity index (χ2v) is 7.73. The van der Waals surface area contributed by atoms with Gasteiger partial charge in [0.2, 0.25) is 5.91 Å². The van der Waals surface area contributed by atoms with E-state index in [9.17, 15) is 4.79 Å². The maximum absolute atomic E-state index is 12.3. The Morgan fingerprint density at radius 2 is 2.04 bits per heavy atom. The van der Waals surface area contributed by atoms with E-state index < -0.39 is 0 Å². The zero-order valence-corrected chi connectivity index (χ0v) is 15.2. The minimum absolute atomic E-state index is 0.238. The number of fused-ring (bicyclic) bond motifs is 1. The summed E-state index contributed by atoms with van der Waals surface area (Å²) in [4.78, 5) is 18.9. The van der Waals surface area contributed by atoms with Crippen molar-refractivity contribution >= 4 is 28.6 Å². The van der Waals surface area contributed by atoms with Gasteiger partial charge in [-0.3, -0.25) is 4.79 Å². The summed E-state index contributed by atoms with van der Waals surface area (Å²) in [7, 11) is 0. The van der Waals surface area contributed by atoms with Gasteiger partial charge in [0.25, 0.3) is 0 Å². The smallest absolute Gasteiger partial charge is 0.223 e. The summed E-state index contributed by atoms with van der Waals surface area (Å²) in [6.07, 6.45) is 2.40. The zero-order chi connectivity index (χ0) is 17.1. The number of amides is 1. The number of pyridine rings is 1. The number of likely N-dealkylation sites (tertiary alicyclic amines) is 1. The van der Waals surface area contributed by atoms with Gasteiger partial charge in [0.15, 0.2) is 0 Å². The largest absolute Gasteiger partial charge is 0.343 e. The lowest BCUT2D eigenvalue weighted by atomic mass is 10.1. The number of carbonyl (C=O) groups is 1. The zero-order valence-electron chi connectivity index (χ0n) is 14.4. The fourth-order valence-corrected chi connectivity index (χ4v) is 4.01. The molecule has 1 amide bonds. The van der Waals surface area contributed by atoms with Crippen molar-refractivity contribution in [1.29, 1.82) is 0 Å². The van der Waals surface area contributed by atoms with Crippen LogP contribution in [0.4, 0.5) is 0 Å². The molecule has 0 atom stereocenters. The Morgan fingerprint density at radius 1 is 1.29 bits per heavy atom. The number of piperidine rings is 1. The molecule has 0 radical (unpaired) electrons. The van der Waals surface area contributed by atoms with Crippen LogP contribution in [-0.2, 0) is 4.79 Å². The molecule has 128 valence electrons. The number of thioether (sulfide) groups is 1. The molecule has 1 aromatic carbocycles. The van der Waals surface area contributed by atoms with Gasteiger partial charge in [-0.2, -0.15) is 0 Å². The lowest BCUT2D eigenvalue weighted by molar-refractivity contribution is -0.131. The molecule has 1 aromatic heterocycles. The van der Waals surface area contributed by atoms with Crippen molar-refractivity contribution < 1.29 is 4.79 Å². The fraction of sp³-hybridized carbons (Fsp3) is 0.474. The molecule has 1 aliphatic rings. The molecule has 4 nitrogen and oxygen atoms in total. The molecule has 0 saturated carbocycles. The maximum atomic E-state index is 12.3. The van der Waals surface area contributed by atoms with Crippen LogP contribution in [0.5, 0.6) is 0 Å². The van der Waals surface area contributed by atoms with Crippen LogP contribution < -0.4 is 5.73 Å². The highest BCUT2D eigenvalue weighted by Gasteiger charge is 2.20. The van der Waals surface area contributed by atoms with Gasteiger partial charge in [0.05, 0.1) is 10.5 Å². The molecule has 24 heavy (non-hydrogen) atoms. The molecule has 1 saturated heterocycles. The topological polar surface area (TPSA) is 59.2 Å². The third-order valence-corrected chi connectivity index (χ3v) is 5.52.